The number of aromatic nitrogens is 1. The number of hydrogen-bond donors (Lipinski definition) is 1. The van der Waals surface area contributed by atoms with E-state index in [0.29, 0.717) is 11.7 Å². The molecule has 0 amide bonds. The van der Waals surface area contributed by atoms with Gasteiger partial charge in [-0.3, -0.25) is 0 Å². The molecule has 114 valence electrons. The fraction of sp³-hybridized carbons (Fsp3) is 0.471. The highest BCUT2D eigenvalue weighted by molar-refractivity contribution is 5.76. The van der Waals surface area contributed by atoms with E-state index in [-0.39, 0.29) is 0 Å². The van der Waals surface area contributed by atoms with Gasteiger partial charge >= 0.3 is 0 Å². The number of hydrogen-bond acceptors (Lipinski definition) is 4. The number of nitrogens with zero attached hydrogens (tertiary/aromatic N) is 1. The lowest BCUT2D eigenvalue weighted by atomic mass is 9.91. The zero-order chi connectivity index (χ0) is 15.2. The molecule has 0 bridgehead atoms. The second-order valence-electron chi connectivity index (χ2n) is 5.31. The van der Waals surface area contributed by atoms with Crippen molar-refractivity contribution >= 4 is 5.82 Å². The number of ether oxygens (including phenoxy) is 1. The lowest BCUT2D eigenvalue weighted by Gasteiger charge is -2.14. The van der Waals surface area contributed by atoms with Gasteiger partial charge in [0.25, 0.3) is 0 Å². The van der Waals surface area contributed by atoms with Gasteiger partial charge < -0.3 is 15.0 Å². The molecule has 1 heterocycles. The lowest BCUT2D eigenvalue weighted by molar-refractivity contribution is 0.346. The molecule has 0 aliphatic rings. The predicted molar refractivity (Wildman–Crippen MR) is 85.5 cm³/mol. The van der Waals surface area contributed by atoms with Crippen molar-refractivity contribution in [2.45, 2.75) is 45.4 Å². The summed E-state index contributed by atoms with van der Waals surface area (Å²) < 4.78 is 10.8. The van der Waals surface area contributed by atoms with Crippen molar-refractivity contribution in [2.75, 3.05) is 12.8 Å². The fourth-order valence-electron chi connectivity index (χ4n) is 2.75. The van der Waals surface area contributed by atoms with Gasteiger partial charge in [-0.25, -0.2) is 0 Å². The van der Waals surface area contributed by atoms with Crippen LogP contribution < -0.4 is 10.5 Å². The summed E-state index contributed by atoms with van der Waals surface area (Å²) >= 11 is 0. The first-order chi connectivity index (χ1) is 10.2. The van der Waals surface area contributed by atoms with Crippen molar-refractivity contribution in [3.05, 3.63) is 30.0 Å². The Morgan fingerprint density at radius 2 is 1.76 bits per heavy atom. The van der Waals surface area contributed by atoms with Crippen molar-refractivity contribution in [3.63, 3.8) is 0 Å². The minimum atomic E-state index is 0.377. The molecule has 2 rings (SSSR count). The first-order valence-corrected chi connectivity index (χ1v) is 7.60. The number of anilines is 1. The monoisotopic (exact) mass is 288 g/mol. The van der Waals surface area contributed by atoms with Crippen LogP contribution in [0.1, 0.15) is 51.2 Å². The summed E-state index contributed by atoms with van der Waals surface area (Å²) in [4.78, 5) is 0. The number of benzene rings is 1. The highest BCUT2D eigenvalue weighted by Gasteiger charge is 2.23. The maximum atomic E-state index is 6.04. The molecule has 2 N–H and O–H groups in total. The van der Waals surface area contributed by atoms with Gasteiger partial charge in [0.1, 0.15) is 11.5 Å². The minimum Gasteiger partial charge on any atom is -0.497 e. The Bertz CT molecular complexity index is 555. The average Bonchev–Trinajstić information content (AvgIpc) is 2.89. The summed E-state index contributed by atoms with van der Waals surface area (Å²) in [5, 5.41) is 3.99. The van der Waals surface area contributed by atoms with E-state index in [2.05, 4.69) is 19.0 Å². The Kier molecular flexibility index (Phi) is 5.26. The van der Waals surface area contributed by atoms with E-state index >= 15 is 0 Å². The Morgan fingerprint density at radius 1 is 1.14 bits per heavy atom. The summed E-state index contributed by atoms with van der Waals surface area (Å²) in [5.41, 5.74) is 8.00. The normalized spacial score (nSPS) is 11.0. The standard InChI is InChI=1S/C17H24N2O2/c1-4-6-13(7-5-2)16-15(17(18)19-21-16)12-8-10-14(20-3)11-9-12/h8-11,13H,4-7H2,1-3H3,(H2,18,19). The first-order valence-electron chi connectivity index (χ1n) is 7.60. The average molecular weight is 288 g/mol. The van der Waals surface area contributed by atoms with Crippen LogP contribution in [-0.4, -0.2) is 12.3 Å². The second kappa shape index (κ2) is 7.16. The third-order valence-corrected chi connectivity index (χ3v) is 3.77. The number of rotatable bonds is 7. The molecule has 0 aliphatic heterocycles. The minimum absolute atomic E-state index is 0.377. The topological polar surface area (TPSA) is 61.3 Å². The van der Waals surface area contributed by atoms with E-state index in [0.717, 1.165) is 48.3 Å². The van der Waals surface area contributed by atoms with Crippen LogP contribution in [0.5, 0.6) is 5.75 Å². The maximum Gasteiger partial charge on any atom is 0.175 e. The van der Waals surface area contributed by atoms with Crippen molar-refractivity contribution in [2.24, 2.45) is 0 Å². The first kappa shape index (κ1) is 15.4. The molecule has 1 aromatic carbocycles. The molecule has 1 aromatic heterocycles. The summed E-state index contributed by atoms with van der Waals surface area (Å²) in [6.07, 6.45) is 4.41. The summed E-state index contributed by atoms with van der Waals surface area (Å²) in [7, 11) is 1.66. The van der Waals surface area contributed by atoms with Gasteiger partial charge in [0.05, 0.1) is 12.7 Å². The highest BCUT2D eigenvalue weighted by Crippen LogP contribution is 2.38. The quantitative estimate of drug-likeness (QED) is 0.807. The van der Waals surface area contributed by atoms with Gasteiger partial charge in [0.2, 0.25) is 0 Å². The zero-order valence-electron chi connectivity index (χ0n) is 13.1. The predicted octanol–water partition coefficient (Wildman–Crippen LogP) is 4.62. The van der Waals surface area contributed by atoms with Crippen molar-refractivity contribution in [1.29, 1.82) is 0 Å². The summed E-state index contributed by atoms with van der Waals surface area (Å²) in [6, 6.07) is 7.86. The molecule has 4 nitrogen and oxygen atoms in total. The SMILES string of the molecule is CCCC(CCC)c1onc(N)c1-c1ccc(OC)cc1. The van der Waals surface area contributed by atoms with Gasteiger partial charge in [-0.2, -0.15) is 0 Å². The summed E-state index contributed by atoms with van der Waals surface area (Å²) in [5.74, 6) is 2.59. The molecular weight excluding hydrogens is 264 g/mol. The van der Waals surface area contributed by atoms with Crippen molar-refractivity contribution < 1.29 is 9.26 Å². The third-order valence-electron chi connectivity index (χ3n) is 3.77. The van der Waals surface area contributed by atoms with Gasteiger partial charge in [0, 0.05) is 5.92 Å². The molecule has 21 heavy (non-hydrogen) atoms. The summed E-state index contributed by atoms with van der Waals surface area (Å²) in [6.45, 7) is 4.38. The smallest absolute Gasteiger partial charge is 0.175 e. The van der Waals surface area contributed by atoms with Crippen LogP contribution in [0.2, 0.25) is 0 Å². The number of nitrogen functional groups attached to an aromatic ring is 1. The Labute approximate surface area is 126 Å². The zero-order valence-corrected chi connectivity index (χ0v) is 13.1. The van der Waals surface area contributed by atoms with Gasteiger partial charge in [-0.15, -0.1) is 0 Å². The van der Waals surface area contributed by atoms with Gasteiger partial charge in [0.15, 0.2) is 5.82 Å². The van der Waals surface area contributed by atoms with Crippen LogP contribution in [0.15, 0.2) is 28.8 Å². The van der Waals surface area contributed by atoms with E-state index in [9.17, 15) is 0 Å². The fourth-order valence-corrected chi connectivity index (χ4v) is 2.75. The molecule has 0 aliphatic carbocycles. The Balaban J connectivity index is 2.40. The molecule has 0 unspecified atom stereocenters. The van der Waals surface area contributed by atoms with E-state index in [1.807, 2.05) is 24.3 Å². The molecule has 0 fully saturated rings. The highest BCUT2D eigenvalue weighted by atomic mass is 16.5. The van der Waals surface area contributed by atoms with Crippen LogP contribution in [0.25, 0.3) is 11.1 Å². The van der Waals surface area contributed by atoms with E-state index in [1.54, 1.807) is 7.11 Å². The molecular formula is C17H24N2O2. The van der Waals surface area contributed by atoms with Crippen LogP contribution in [0.4, 0.5) is 5.82 Å². The van der Waals surface area contributed by atoms with Crippen LogP contribution >= 0.6 is 0 Å². The van der Waals surface area contributed by atoms with E-state index in [4.69, 9.17) is 15.0 Å². The van der Waals surface area contributed by atoms with Crippen LogP contribution in [0.3, 0.4) is 0 Å². The van der Waals surface area contributed by atoms with E-state index in [1.165, 1.54) is 0 Å². The maximum absolute atomic E-state index is 6.04. The van der Waals surface area contributed by atoms with Crippen LogP contribution in [0, 0.1) is 0 Å². The molecule has 0 saturated carbocycles. The third kappa shape index (κ3) is 3.38. The molecule has 2 aromatic rings. The Morgan fingerprint density at radius 3 is 2.29 bits per heavy atom. The van der Waals surface area contributed by atoms with Crippen molar-refractivity contribution in [1.82, 2.24) is 5.16 Å². The molecule has 0 radical (unpaired) electrons. The lowest BCUT2D eigenvalue weighted by Crippen LogP contribution is -1.99. The number of methoxy groups -OCH3 is 1. The molecule has 0 spiro atoms. The van der Waals surface area contributed by atoms with Gasteiger partial charge in [-0.05, 0) is 30.5 Å². The van der Waals surface area contributed by atoms with Gasteiger partial charge in [-0.1, -0.05) is 44.0 Å². The van der Waals surface area contributed by atoms with E-state index < -0.39 is 0 Å². The largest absolute Gasteiger partial charge is 0.497 e. The Hall–Kier alpha value is -1.97. The second-order valence-corrected chi connectivity index (χ2v) is 5.31. The molecule has 4 heteroatoms. The van der Waals surface area contributed by atoms with Crippen LogP contribution in [-0.2, 0) is 0 Å². The molecule has 0 saturated heterocycles. The number of nitrogens with two attached hydrogens (primary N) is 1. The molecule has 0 atom stereocenters. The van der Waals surface area contributed by atoms with Crippen molar-refractivity contribution in [3.8, 4) is 16.9 Å².